The second-order valence-electron chi connectivity index (χ2n) is 4.90. The van der Waals surface area contributed by atoms with Crippen LogP contribution in [0.1, 0.15) is 0 Å². The molecule has 1 saturated heterocycles. The summed E-state index contributed by atoms with van der Waals surface area (Å²) in [7, 11) is 0. The minimum Gasteiger partial charge on any atom is -0.390 e. The van der Waals surface area contributed by atoms with Crippen molar-refractivity contribution in [2.75, 3.05) is 32.8 Å². The summed E-state index contributed by atoms with van der Waals surface area (Å²) in [5.41, 5.74) is 0.643. The van der Waals surface area contributed by atoms with E-state index in [-0.39, 0.29) is 12.1 Å². The van der Waals surface area contributed by atoms with Gasteiger partial charge in [-0.15, -0.1) is 11.3 Å². The van der Waals surface area contributed by atoms with Crippen molar-refractivity contribution in [3.63, 3.8) is 0 Å². The first-order valence-corrected chi connectivity index (χ1v) is 7.53. The van der Waals surface area contributed by atoms with Gasteiger partial charge in [-0.05, 0) is 11.4 Å². The highest BCUT2D eigenvalue weighted by Crippen LogP contribution is 2.13. The summed E-state index contributed by atoms with van der Waals surface area (Å²) < 4.78 is 7.41. The van der Waals surface area contributed by atoms with Crippen molar-refractivity contribution >= 4 is 21.6 Å². The van der Waals surface area contributed by atoms with Crippen molar-refractivity contribution in [2.24, 2.45) is 0 Å². The van der Waals surface area contributed by atoms with Gasteiger partial charge in [0.2, 0.25) is 0 Å². The lowest BCUT2D eigenvalue weighted by Crippen LogP contribution is -2.42. The van der Waals surface area contributed by atoms with E-state index in [4.69, 9.17) is 4.74 Å². The number of aliphatic hydroxyl groups is 1. The zero-order valence-electron chi connectivity index (χ0n) is 11.1. The van der Waals surface area contributed by atoms with Gasteiger partial charge in [0.25, 0.3) is 5.56 Å². The highest BCUT2D eigenvalue weighted by atomic mass is 32.1. The molecule has 20 heavy (non-hydrogen) atoms. The number of thiophene rings is 1. The van der Waals surface area contributed by atoms with Crippen molar-refractivity contribution in [2.45, 2.75) is 12.6 Å². The lowest BCUT2D eigenvalue weighted by Gasteiger charge is -2.28. The second-order valence-corrected chi connectivity index (χ2v) is 5.82. The maximum Gasteiger partial charge on any atom is 0.271 e. The molecule has 6 nitrogen and oxygen atoms in total. The number of hydrogen-bond donors (Lipinski definition) is 1. The van der Waals surface area contributed by atoms with Crippen LogP contribution in [0.4, 0.5) is 0 Å². The van der Waals surface area contributed by atoms with Gasteiger partial charge in [0, 0.05) is 19.6 Å². The van der Waals surface area contributed by atoms with Gasteiger partial charge in [-0.1, -0.05) is 0 Å². The average molecular weight is 295 g/mol. The Balaban J connectivity index is 1.68. The van der Waals surface area contributed by atoms with E-state index in [9.17, 15) is 9.90 Å². The van der Waals surface area contributed by atoms with Gasteiger partial charge in [0.1, 0.15) is 4.70 Å². The molecule has 0 radical (unpaired) electrons. The maximum absolute atomic E-state index is 12.2. The molecule has 0 aliphatic carbocycles. The molecule has 0 unspecified atom stereocenters. The van der Waals surface area contributed by atoms with Gasteiger partial charge in [-0.25, -0.2) is 4.98 Å². The first-order chi connectivity index (χ1) is 9.74. The number of aliphatic hydroxyl groups excluding tert-OH is 1. The smallest absolute Gasteiger partial charge is 0.271 e. The van der Waals surface area contributed by atoms with Crippen LogP contribution >= 0.6 is 11.3 Å². The van der Waals surface area contributed by atoms with Crippen molar-refractivity contribution in [3.05, 3.63) is 28.1 Å². The number of rotatable bonds is 4. The standard InChI is InChI=1S/C13H17N3O3S/c17-10(7-15-2-4-19-5-3-15)8-16-9-14-11-1-6-20-12(11)13(16)18/h1,6,9-10,17H,2-5,7-8H2/t10-/m1/s1. The van der Waals surface area contributed by atoms with Crippen molar-refractivity contribution in [1.29, 1.82) is 0 Å². The fraction of sp³-hybridized carbons (Fsp3) is 0.538. The number of nitrogens with zero attached hydrogens (tertiary/aromatic N) is 3. The SMILES string of the molecule is O=c1c2sccc2ncn1C[C@H](O)CN1CCOCC1. The normalized spacial score (nSPS) is 18.4. The Hall–Kier alpha value is -1.28. The lowest BCUT2D eigenvalue weighted by atomic mass is 10.3. The maximum atomic E-state index is 12.2. The van der Waals surface area contributed by atoms with Gasteiger partial charge in [-0.2, -0.15) is 0 Å². The highest BCUT2D eigenvalue weighted by molar-refractivity contribution is 7.17. The van der Waals surface area contributed by atoms with E-state index < -0.39 is 6.10 Å². The topological polar surface area (TPSA) is 67.6 Å². The summed E-state index contributed by atoms with van der Waals surface area (Å²) >= 11 is 1.39. The molecular formula is C13H17N3O3S. The Kier molecular flexibility index (Phi) is 4.11. The molecule has 3 rings (SSSR count). The molecule has 2 aromatic rings. The molecule has 0 saturated carbocycles. The average Bonchev–Trinajstić information content (AvgIpc) is 2.92. The molecule has 0 amide bonds. The predicted octanol–water partition coefficient (Wildman–Crippen LogP) is 0.151. The fourth-order valence-electron chi connectivity index (χ4n) is 2.38. The van der Waals surface area contributed by atoms with Crippen LogP contribution in [0.3, 0.4) is 0 Å². The summed E-state index contributed by atoms with van der Waals surface area (Å²) in [6.07, 6.45) is 0.935. The fourth-order valence-corrected chi connectivity index (χ4v) is 3.17. The minimum absolute atomic E-state index is 0.0778. The summed E-state index contributed by atoms with van der Waals surface area (Å²) in [5.74, 6) is 0. The van der Waals surface area contributed by atoms with E-state index in [0.29, 0.717) is 24.5 Å². The summed E-state index contributed by atoms with van der Waals surface area (Å²) in [6.45, 7) is 3.89. The zero-order valence-corrected chi connectivity index (χ0v) is 11.9. The Morgan fingerprint density at radius 1 is 1.40 bits per heavy atom. The molecular weight excluding hydrogens is 278 g/mol. The van der Waals surface area contributed by atoms with E-state index in [1.165, 1.54) is 22.2 Å². The van der Waals surface area contributed by atoms with Crippen LogP contribution < -0.4 is 5.56 Å². The molecule has 2 aromatic heterocycles. The molecule has 1 fully saturated rings. The quantitative estimate of drug-likeness (QED) is 0.870. The van der Waals surface area contributed by atoms with E-state index >= 15 is 0 Å². The number of β-amino-alcohol motifs (C(OH)–C–C–N with tert-alkyl or cyclic N) is 1. The molecule has 0 spiro atoms. The summed E-state index contributed by atoms with van der Waals surface area (Å²) in [6, 6.07) is 1.83. The van der Waals surface area contributed by atoms with Crippen molar-refractivity contribution in [1.82, 2.24) is 14.5 Å². The van der Waals surface area contributed by atoms with Crippen LogP contribution in [0, 0.1) is 0 Å². The number of hydrogen-bond acceptors (Lipinski definition) is 6. The number of aromatic nitrogens is 2. The number of ether oxygens (including phenoxy) is 1. The van der Waals surface area contributed by atoms with Gasteiger partial charge in [0.05, 0.1) is 37.7 Å². The minimum atomic E-state index is -0.579. The molecule has 3 heterocycles. The first-order valence-electron chi connectivity index (χ1n) is 6.65. The van der Waals surface area contributed by atoms with Crippen molar-refractivity contribution < 1.29 is 9.84 Å². The van der Waals surface area contributed by atoms with Gasteiger partial charge in [0.15, 0.2) is 0 Å². The van der Waals surface area contributed by atoms with Crippen LogP contribution in [0.2, 0.25) is 0 Å². The van der Waals surface area contributed by atoms with E-state index in [1.54, 1.807) is 0 Å². The van der Waals surface area contributed by atoms with Crippen molar-refractivity contribution in [3.8, 4) is 0 Å². The second kappa shape index (κ2) is 6.01. The van der Waals surface area contributed by atoms with Gasteiger partial charge in [-0.3, -0.25) is 14.3 Å². The van der Waals surface area contributed by atoms with E-state index in [0.717, 1.165) is 18.6 Å². The monoisotopic (exact) mass is 295 g/mol. The van der Waals surface area contributed by atoms with Crippen LogP contribution in [0.25, 0.3) is 10.2 Å². The molecule has 1 aliphatic heterocycles. The Bertz CT molecular complexity index is 633. The zero-order chi connectivity index (χ0) is 13.9. The molecule has 1 atom stereocenters. The van der Waals surface area contributed by atoms with Crippen LogP contribution in [0.5, 0.6) is 0 Å². The summed E-state index contributed by atoms with van der Waals surface area (Å²) in [4.78, 5) is 18.6. The molecule has 7 heteroatoms. The largest absolute Gasteiger partial charge is 0.390 e. The molecule has 0 bridgehead atoms. The lowest BCUT2D eigenvalue weighted by molar-refractivity contribution is 0.0113. The molecule has 0 aromatic carbocycles. The summed E-state index contributed by atoms with van der Waals surface area (Å²) in [5, 5.41) is 12.0. The van der Waals surface area contributed by atoms with Crippen LogP contribution in [0.15, 0.2) is 22.6 Å². The Morgan fingerprint density at radius 3 is 3.00 bits per heavy atom. The van der Waals surface area contributed by atoms with E-state index in [2.05, 4.69) is 9.88 Å². The molecule has 1 N–H and O–H groups in total. The van der Waals surface area contributed by atoms with Gasteiger partial charge >= 0.3 is 0 Å². The third-order valence-electron chi connectivity index (χ3n) is 3.42. The Labute approximate surface area is 120 Å². The molecule has 108 valence electrons. The predicted molar refractivity (Wildman–Crippen MR) is 77.1 cm³/mol. The van der Waals surface area contributed by atoms with E-state index in [1.807, 2.05) is 11.4 Å². The first kappa shape index (κ1) is 13.7. The van der Waals surface area contributed by atoms with Gasteiger partial charge < -0.3 is 9.84 Å². The third kappa shape index (κ3) is 2.90. The van der Waals surface area contributed by atoms with Crippen LogP contribution in [-0.2, 0) is 11.3 Å². The number of morpholine rings is 1. The Morgan fingerprint density at radius 2 is 2.20 bits per heavy atom. The third-order valence-corrected chi connectivity index (χ3v) is 4.31. The number of fused-ring (bicyclic) bond motifs is 1. The highest BCUT2D eigenvalue weighted by Gasteiger charge is 2.16. The molecule has 1 aliphatic rings. The van der Waals surface area contributed by atoms with Crippen LogP contribution in [-0.4, -0.2) is 58.5 Å².